The molecule has 0 N–H and O–H groups in total. The van der Waals surface area contributed by atoms with Crippen LogP contribution >= 0.6 is 0 Å². The first kappa shape index (κ1) is 18.2. The van der Waals surface area contributed by atoms with Gasteiger partial charge in [-0.3, -0.25) is 4.89 Å². The predicted octanol–water partition coefficient (Wildman–Crippen LogP) is 5.66. The Bertz CT molecular complexity index is 622. The molecular weight excluding hydrogens is 300 g/mol. The van der Waals surface area contributed by atoms with Crippen LogP contribution in [0.5, 0.6) is 0 Å². The van der Waals surface area contributed by atoms with Crippen LogP contribution in [0.1, 0.15) is 49.9 Å². The fourth-order valence-corrected chi connectivity index (χ4v) is 2.59. The van der Waals surface area contributed by atoms with Crippen LogP contribution in [0.3, 0.4) is 0 Å². The van der Waals surface area contributed by atoms with Crippen molar-refractivity contribution in [2.45, 2.75) is 39.5 Å². The fraction of sp³-hybridized carbons (Fsp3) is 0.381. The third kappa shape index (κ3) is 5.50. The number of hydrogen-bond acceptors (Lipinski definition) is 3. The minimum Gasteiger partial charge on any atom is -0.293 e. The van der Waals surface area contributed by atoms with Crippen LogP contribution in [-0.4, -0.2) is 12.6 Å². The molecule has 3 heteroatoms. The molecule has 0 heterocycles. The van der Waals surface area contributed by atoms with Crippen LogP contribution in [0, 0.1) is 5.92 Å². The first-order valence-electron chi connectivity index (χ1n) is 8.73. The molecule has 1 atom stereocenters. The maximum absolute atomic E-state index is 12.2. The van der Waals surface area contributed by atoms with Crippen molar-refractivity contribution in [2.24, 2.45) is 5.92 Å². The van der Waals surface area contributed by atoms with Gasteiger partial charge in [0.2, 0.25) is 0 Å². The summed E-state index contributed by atoms with van der Waals surface area (Å²) in [6, 6.07) is 17.4. The minimum absolute atomic E-state index is 0.438. The molecule has 0 radical (unpaired) electrons. The van der Waals surface area contributed by atoms with E-state index in [2.05, 4.69) is 13.8 Å². The maximum atomic E-state index is 12.2. The van der Waals surface area contributed by atoms with Crippen molar-refractivity contribution in [1.29, 1.82) is 0 Å². The van der Waals surface area contributed by atoms with Crippen molar-refractivity contribution in [2.75, 3.05) is 6.61 Å². The van der Waals surface area contributed by atoms with E-state index in [1.54, 1.807) is 6.07 Å². The Hall–Kier alpha value is -2.13. The second-order valence-electron chi connectivity index (χ2n) is 6.02. The van der Waals surface area contributed by atoms with Gasteiger partial charge in [-0.05, 0) is 35.6 Å². The summed E-state index contributed by atoms with van der Waals surface area (Å²) in [6.07, 6.45) is 4.48. The lowest BCUT2D eigenvalue weighted by Crippen LogP contribution is -2.13. The second-order valence-corrected chi connectivity index (χ2v) is 6.02. The van der Waals surface area contributed by atoms with E-state index in [1.807, 2.05) is 48.5 Å². The van der Waals surface area contributed by atoms with Crippen molar-refractivity contribution >= 4 is 5.97 Å². The van der Waals surface area contributed by atoms with Crippen molar-refractivity contribution in [3.8, 4) is 11.1 Å². The number of benzene rings is 2. The molecule has 0 saturated heterocycles. The van der Waals surface area contributed by atoms with Crippen LogP contribution in [0.15, 0.2) is 54.6 Å². The van der Waals surface area contributed by atoms with Gasteiger partial charge in [-0.1, -0.05) is 75.6 Å². The summed E-state index contributed by atoms with van der Waals surface area (Å²) in [7, 11) is 0. The number of carbonyl (C=O) groups excluding carboxylic acids is 1. The summed E-state index contributed by atoms with van der Waals surface area (Å²) in [5, 5.41) is 0. The van der Waals surface area contributed by atoms with Crippen molar-refractivity contribution < 1.29 is 14.6 Å². The van der Waals surface area contributed by atoms with Gasteiger partial charge in [0.15, 0.2) is 0 Å². The van der Waals surface area contributed by atoms with Crippen molar-refractivity contribution in [3.63, 3.8) is 0 Å². The molecule has 128 valence electrons. The second kappa shape index (κ2) is 9.89. The molecule has 2 aromatic carbocycles. The average Bonchev–Trinajstić information content (AvgIpc) is 2.65. The number of rotatable bonds is 9. The zero-order valence-corrected chi connectivity index (χ0v) is 14.5. The van der Waals surface area contributed by atoms with Gasteiger partial charge < -0.3 is 0 Å². The van der Waals surface area contributed by atoms with E-state index >= 15 is 0 Å². The molecule has 0 aromatic heterocycles. The molecule has 0 saturated carbocycles. The minimum atomic E-state index is -0.446. The molecule has 0 aliphatic heterocycles. The van der Waals surface area contributed by atoms with Gasteiger partial charge in [0.25, 0.3) is 0 Å². The third-order valence-electron chi connectivity index (χ3n) is 4.19. The Morgan fingerprint density at radius 3 is 2.46 bits per heavy atom. The molecule has 2 aromatic rings. The highest BCUT2D eigenvalue weighted by molar-refractivity contribution is 5.90. The summed E-state index contributed by atoms with van der Waals surface area (Å²) < 4.78 is 0. The Morgan fingerprint density at radius 1 is 1.00 bits per heavy atom. The van der Waals surface area contributed by atoms with Gasteiger partial charge in [-0.15, -0.1) is 0 Å². The van der Waals surface area contributed by atoms with E-state index in [9.17, 15) is 4.79 Å². The topological polar surface area (TPSA) is 35.5 Å². The van der Waals surface area contributed by atoms with E-state index in [0.29, 0.717) is 18.1 Å². The first-order chi connectivity index (χ1) is 11.7. The van der Waals surface area contributed by atoms with Gasteiger partial charge in [-0.2, -0.15) is 4.89 Å². The Kier molecular flexibility index (Phi) is 7.50. The highest BCUT2D eigenvalue weighted by Crippen LogP contribution is 2.20. The lowest BCUT2D eigenvalue weighted by atomic mass is 10.0. The van der Waals surface area contributed by atoms with E-state index < -0.39 is 5.97 Å². The number of carbonyl (C=O) groups is 1. The van der Waals surface area contributed by atoms with E-state index in [1.165, 1.54) is 12.8 Å². The van der Waals surface area contributed by atoms with Gasteiger partial charge >= 0.3 is 5.97 Å². The smallest absolute Gasteiger partial charge is 0.293 e. The van der Waals surface area contributed by atoms with Crippen LogP contribution in [0.25, 0.3) is 11.1 Å². The van der Waals surface area contributed by atoms with Crippen molar-refractivity contribution in [3.05, 3.63) is 60.2 Å². The molecule has 0 aliphatic carbocycles. The summed E-state index contributed by atoms with van der Waals surface area (Å²) >= 11 is 0. The predicted molar refractivity (Wildman–Crippen MR) is 96.6 cm³/mol. The van der Waals surface area contributed by atoms with Gasteiger partial charge in [0.05, 0.1) is 12.2 Å². The third-order valence-corrected chi connectivity index (χ3v) is 4.19. The summed E-state index contributed by atoms with van der Waals surface area (Å²) in [4.78, 5) is 22.4. The van der Waals surface area contributed by atoms with E-state index in [-0.39, 0.29) is 0 Å². The molecule has 3 nitrogen and oxygen atoms in total. The molecule has 24 heavy (non-hydrogen) atoms. The molecule has 1 unspecified atom stereocenters. The lowest BCUT2D eigenvalue weighted by Gasteiger charge is -2.13. The fourth-order valence-electron chi connectivity index (χ4n) is 2.59. The molecule has 0 spiro atoms. The molecule has 2 rings (SSSR count). The Labute approximate surface area is 144 Å². The molecule has 0 aliphatic rings. The lowest BCUT2D eigenvalue weighted by molar-refractivity contribution is -0.249. The van der Waals surface area contributed by atoms with Gasteiger partial charge in [0, 0.05) is 0 Å². The standard InChI is InChI=1S/C21H26O3/c1-3-5-10-17(4-2)16-23-24-21(22)20-14-9-13-19(15-20)18-11-7-6-8-12-18/h6-9,11-15,17H,3-5,10,16H2,1-2H3. The molecular formula is C21H26O3. The zero-order valence-electron chi connectivity index (χ0n) is 14.5. The largest absolute Gasteiger partial charge is 0.373 e. The van der Waals surface area contributed by atoms with Crippen LogP contribution in [-0.2, 0) is 9.78 Å². The van der Waals surface area contributed by atoms with E-state index in [0.717, 1.165) is 24.0 Å². The van der Waals surface area contributed by atoms with Crippen LogP contribution in [0.4, 0.5) is 0 Å². The molecule has 0 fully saturated rings. The Morgan fingerprint density at radius 2 is 1.75 bits per heavy atom. The normalized spacial score (nSPS) is 11.9. The summed E-state index contributed by atoms with van der Waals surface area (Å²) in [5.74, 6) is -0.00784. The maximum Gasteiger partial charge on any atom is 0.373 e. The van der Waals surface area contributed by atoms with Crippen molar-refractivity contribution in [1.82, 2.24) is 0 Å². The average molecular weight is 326 g/mol. The van der Waals surface area contributed by atoms with Crippen LogP contribution < -0.4 is 0 Å². The monoisotopic (exact) mass is 326 g/mol. The quantitative estimate of drug-likeness (QED) is 0.440. The number of unbranched alkanes of at least 4 members (excludes halogenated alkanes) is 1. The first-order valence-corrected chi connectivity index (χ1v) is 8.73. The summed E-state index contributed by atoms with van der Waals surface area (Å²) in [6.45, 7) is 4.77. The zero-order chi connectivity index (χ0) is 17.2. The molecule has 0 amide bonds. The highest BCUT2D eigenvalue weighted by atomic mass is 17.2. The van der Waals surface area contributed by atoms with Crippen LogP contribution in [0.2, 0.25) is 0 Å². The molecule has 0 bridgehead atoms. The summed E-state index contributed by atoms with van der Waals surface area (Å²) in [5.41, 5.74) is 2.55. The van der Waals surface area contributed by atoms with Gasteiger partial charge in [-0.25, -0.2) is 4.79 Å². The Balaban J connectivity index is 1.91. The SMILES string of the molecule is CCCCC(CC)COOC(=O)c1cccc(-c2ccccc2)c1. The van der Waals surface area contributed by atoms with E-state index in [4.69, 9.17) is 9.78 Å². The number of hydrogen-bond donors (Lipinski definition) is 0. The highest BCUT2D eigenvalue weighted by Gasteiger charge is 2.12. The van der Waals surface area contributed by atoms with Gasteiger partial charge in [0.1, 0.15) is 0 Å².